The van der Waals surface area contributed by atoms with Crippen LogP contribution < -0.4 is 10.1 Å². The number of hydrogen-bond donors (Lipinski definition) is 1. The molecule has 1 heterocycles. The van der Waals surface area contributed by atoms with Gasteiger partial charge in [-0.3, -0.25) is 0 Å². The van der Waals surface area contributed by atoms with Gasteiger partial charge in [-0.15, -0.1) is 0 Å². The van der Waals surface area contributed by atoms with E-state index in [2.05, 4.69) is 11.4 Å². The molecule has 0 radical (unpaired) electrons. The Morgan fingerprint density at radius 1 is 1.29 bits per heavy atom. The molecule has 0 atom stereocenters. The van der Waals surface area contributed by atoms with Gasteiger partial charge in [-0.1, -0.05) is 23.8 Å². The number of benzene rings is 1. The summed E-state index contributed by atoms with van der Waals surface area (Å²) in [5, 5.41) is 3.30. The Hall–Kier alpha value is -1.28. The first-order valence-electron chi connectivity index (χ1n) is 5.01. The Labute approximate surface area is 84.6 Å². The minimum Gasteiger partial charge on any atom is -0.490 e. The molecule has 74 valence electrons. The minimum atomic E-state index is 0.682. The average Bonchev–Trinajstić information content (AvgIpc) is 2.72. The lowest BCUT2D eigenvalue weighted by Crippen LogP contribution is -2.05. The molecule has 0 bridgehead atoms. The molecule has 0 amide bonds. The molecular formula is C12H15NO. The summed E-state index contributed by atoms with van der Waals surface area (Å²) in [6.45, 7) is 2.82. The maximum Gasteiger partial charge on any atom is 0.119 e. The highest BCUT2D eigenvalue weighted by Crippen LogP contribution is 2.09. The third-order valence-corrected chi connectivity index (χ3v) is 2.34. The molecule has 1 aliphatic heterocycles. The topological polar surface area (TPSA) is 21.3 Å². The number of para-hydroxylation sites is 1. The predicted octanol–water partition coefficient (Wildman–Crippen LogP) is 1.99. The third kappa shape index (κ3) is 2.60. The van der Waals surface area contributed by atoms with Gasteiger partial charge in [0.15, 0.2) is 0 Å². The highest BCUT2D eigenvalue weighted by Gasteiger charge is 2.03. The first-order valence-corrected chi connectivity index (χ1v) is 5.01. The highest BCUT2D eigenvalue weighted by molar-refractivity contribution is 5.21. The Morgan fingerprint density at radius 3 is 2.86 bits per heavy atom. The van der Waals surface area contributed by atoms with Gasteiger partial charge in [0.05, 0.1) is 0 Å². The second-order valence-corrected chi connectivity index (χ2v) is 3.41. The normalized spacial score (nSPS) is 18.7. The molecule has 0 aliphatic carbocycles. The van der Waals surface area contributed by atoms with Gasteiger partial charge in [-0.2, -0.15) is 0 Å². The largest absolute Gasteiger partial charge is 0.490 e. The van der Waals surface area contributed by atoms with Crippen LogP contribution in [-0.2, 0) is 0 Å². The van der Waals surface area contributed by atoms with Gasteiger partial charge in [0.2, 0.25) is 0 Å². The number of nitrogens with one attached hydrogen (secondary N) is 1. The van der Waals surface area contributed by atoms with Crippen molar-refractivity contribution in [3.8, 4) is 5.75 Å². The lowest BCUT2D eigenvalue weighted by atomic mass is 10.2. The van der Waals surface area contributed by atoms with Crippen molar-refractivity contribution in [2.24, 2.45) is 0 Å². The minimum absolute atomic E-state index is 0.682. The smallest absolute Gasteiger partial charge is 0.119 e. The molecule has 0 unspecified atom stereocenters. The molecular weight excluding hydrogens is 174 g/mol. The Balaban J connectivity index is 1.80. The van der Waals surface area contributed by atoms with Crippen LogP contribution in [0.1, 0.15) is 6.42 Å². The van der Waals surface area contributed by atoms with Crippen molar-refractivity contribution >= 4 is 0 Å². The summed E-state index contributed by atoms with van der Waals surface area (Å²) >= 11 is 0. The predicted molar refractivity (Wildman–Crippen MR) is 57.5 cm³/mol. The van der Waals surface area contributed by atoms with Crippen LogP contribution in [0.15, 0.2) is 42.0 Å². The van der Waals surface area contributed by atoms with Gasteiger partial charge in [0.25, 0.3) is 0 Å². The summed E-state index contributed by atoms with van der Waals surface area (Å²) in [5.74, 6) is 0.940. The van der Waals surface area contributed by atoms with E-state index in [4.69, 9.17) is 4.74 Å². The number of ether oxygens (including phenoxy) is 1. The fourth-order valence-corrected chi connectivity index (χ4v) is 1.53. The highest BCUT2D eigenvalue weighted by atomic mass is 16.5. The zero-order valence-corrected chi connectivity index (χ0v) is 8.20. The van der Waals surface area contributed by atoms with Gasteiger partial charge >= 0.3 is 0 Å². The van der Waals surface area contributed by atoms with Crippen molar-refractivity contribution < 1.29 is 4.74 Å². The summed E-state index contributed by atoms with van der Waals surface area (Å²) in [7, 11) is 0. The van der Waals surface area contributed by atoms with E-state index in [1.54, 1.807) is 0 Å². The van der Waals surface area contributed by atoms with Gasteiger partial charge in [-0.25, -0.2) is 0 Å². The third-order valence-electron chi connectivity index (χ3n) is 2.34. The summed E-state index contributed by atoms with van der Waals surface area (Å²) in [6, 6.07) is 9.92. The Bertz CT molecular complexity index is 297. The Morgan fingerprint density at radius 2 is 2.14 bits per heavy atom. The zero-order chi connectivity index (χ0) is 9.64. The maximum absolute atomic E-state index is 5.56. The quantitative estimate of drug-likeness (QED) is 0.734. The van der Waals surface area contributed by atoms with Crippen LogP contribution in [0.4, 0.5) is 0 Å². The fraction of sp³-hybridized carbons (Fsp3) is 0.333. The van der Waals surface area contributed by atoms with E-state index in [1.807, 2.05) is 30.3 Å². The number of rotatable bonds is 3. The zero-order valence-electron chi connectivity index (χ0n) is 8.20. The van der Waals surface area contributed by atoms with Crippen molar-refractivity contribution in [1.82, 2.24) is 5.32 Å². The van der Waals surface area contributed by atoms with Crippen molar-refractivity contribution in [3.63, 3.8) is 0 Å². The molecule has 1 fully saturated rings. The molecule has 14 heavy (non-hydrogen) atoms. The van der Waals surface area contributed by atoms with Crippen LogP contribution in [0, 0.1) is 0 Å². The second-order valence-electron chi connectivity index (χ2n) is 3.41. The average molecular weight is 189 g/mol. The maximum atomic E-state index is 5.56. The van der Waals surface area contributed by atoms with Crippen molar-refractivity contribution in [2.75, 3.05) is 19.7 Å². The van der Waals surface area contributed by atoms with Crippen LogP contribution in [0.5, 0.6) is 5.75 Å². The van der Waals surface area contributed by atoms with Crippen LogP contribution in [0.3, 0.4) is 0 Å². The summed E-state index contributed by atoms with van der Waals surface area (Å²) in [4.78, 5) is 0. The van der Waals surface area contributed by atoms with E-state index in [0.29, 0.717) is 6.61 Å². The van der Waals surface area contributed by atoms with Crippen LogP contribution in [0.25, 0.3) is 0 Å². The molecule has 0 spiro atoms. The molecule has 0 saturated carbocycles. The van der Waals surface area contributed by atoms with Crippen LogP contribution in [0.2, 0.25) is 0 Å². The van der Waals surface area contributed by atoms with E-state index in [1.165, 1.54) is 5.57 Å². The van der Waals surface area contributed by atoms with Gasteiger partial charge in [-0.05, 0) is 31.2 Å². The van der Waals surface area contributed by atoms with Crippen molar-refractivity contribution in [1.29, 1.82) is 0 Å². The van der Waals surface area contributed by atoms with Crippen molar-refractivity contribution in [2.45, 2.75) is 6.42 Å². The summed E-state index contributed by atoms with van der Waals surface area (Å²) in [6.07, 6.45) is 3.34. The molecule has 2 rings (SSSR count). The standard InChI is InChI=1S/C12H15NO/c1-2-4-12(5-3-1)14-9-7-11-6-8-13-10-11/h1-5,7,13H,6,8-10H2/b11-7+. The second kappa shape index (κ2) is 4.82. The van der Waals surface area contributed by atoms with E-state index in [0.717, 1.165) is 25.3 Å². The van der Waals surface area contributed by atoms with E-state index in [-0.39, 0.29) is 0 Å². The van der Waals surface area contributed by atoms with Crippen LogP contribution in [-0.4, -0.2) is 19.7 Å². The lowest BCUT2D eigenvalue weighted by molar-refractivity contribution is 0.362. The molecule has 0 aromatic heterocycles. The molecule has 2 heteroatoms. The molecule has 1 aromatic carbocycles. The fourth-order valence-electron chi connectivity index (χ4n) is 1.53. The Kier molecular flexibility index (Phi) is 3.19. The molecule has 1 aliphatic rings. The molecule has 1 aromatic rings. The molecule has 1 saturated heterocycles. The monoisotopic (exact) mass is 189 g/mol. The molecule has 2 nitrogen and oxygen atoms in total. The summed E-state index contributed by atoms with van der Waals surface area (Å²) in [5.41, 5.74) is 1.46. The lowest BCUT2D eigenvalue weighted by Gasteiger charge is -2.02. The molecule has 1 N–H and O–H groups in total. The number of hydrogen-bond acceptors (Lipinski definition) is 2. The summed E-state index contributed by atoms with van der Waals surface area (Å²) < 4.78 is 5.56. The van der Waals surface area contributed by atoms with E-state index in [9.17, 15) is 0 Å². The van der Waals surface area contributed by atoms with Gasteiger partial charge in [0, 0.05) is 6.54 Å². The van der Waals surface area contributed by atoms with E-state index >= 15 is 0 Å². The van der Waals surface area contributed by atoms with Gasteiger partial charge in [0.1, 0.15) is 12.4 Å². The van der Waals surface area contributed by atoms with Crippen molar-refractivity contribution in [3.05, 3.63) is 42.0 Å². The van der Waals surface area contributed by atoms with Gasteiger partial charge < -0.3 is 10.1 Å². The van der Waals surface area contributed by atoms with E-state index < -0.39 is 0 Å². The first-order chi connectivity index (χ1) is 6.95. The first kappa shape index (κ1) is 9.28. The SMILES string of the molecule is C(/COc1ccccc1)=C1/CCNC1. The van der Waals surface area contributed by atoms with Crippen LogP contribution >= 0.6 is 0 Å².